The molecule has 3 aliphatic rings. The lowest BCUT2D eigenvalue weighted by molar-refractivity contribution is -0.384. The largest absolute Gasteiger partial charge is 0.292 e. The van der Waals surface area contributed by atoms with Crippen molar-refractivity contribution < 1.29 is 24.1 Å². The Balaban J connectivity index is 1.50. The van der Waals surface area contributed by atoms with Gasteiger partial charge in [-0.3, -0.25) is 29.3 Å². The Kier molecular flexibility index (Phi) is 6.50. The highest BCUT2D eigenvalue weighted by Gasteiger charge is 2.67. The van der Waals surface area contributed by atoms with E-state index in [1.165, 1.54) is 36.4 Å². The lowest BCUT2D eigenvalue weighted by Crippen LogP contribution is -2.52. The number of imide groups is 1. The maximum absolute atomic E-state index is 13.6. The van der Waals surface area contributed by atoms with Gasteiger partial charge in [0.2, 0.25) is 0 Å². The molecule has 36 heavy (non-hydrogen) atoms. The predicted octanol–water partition coefficient (Wildman–Crippen LogP) is 4.27. The highest BCUT2D eigenvalue weighted by atomic mass is 79.9. The minimum absolute atomic E-state index is 0.00173. The van der Waals surface area contributed by atoms with Crippen molar-refractivity contribution in [3.05, 3.63) is 74.8 Å². The Morgan fingerprint density at radius 2 is 1.44 bits per heavy atom. The molecule has 1 aliphatic heterocycles. The first-order valence-electron chi connectivity index (χ1n) is 11.1. The van der Waals surface area contributed by atoms with Crippen LogP contribution in [0.3, 0.4) is 0 Å². The van der Waals surface area contributed by atoms with Gasteiger partial charge in [0.25, 0.3) is 23.4 Å². The van der Waals surface area contributed by atoms with Crippen molar-refractivity contribution in [2.75, 3.05) is 6.54 Å². The van der Waals surface area contributed by atoms with Gasteiger partial charge < -0.3 is 0 Å². The Morgan fingerprint density at radius 1 is 0.944 bits per heavy atom. The molecule has 1 saturated heterocycles. The quantitative estimate of drug-likeness (QED) is 0.153. The number of nitrogens with zero attached hydrogens (tertiary/aromatic N) is 3. The number of hydrogen-bond donors (Lipinski definition) is 0. The molecule has 0 unspecified atom stereocenters. The normalized spacial score (nSPS) is 28.4. The second kappa shape index (κ2) is 9.35. The fraction of sp³-hybridized carbons (Fsp3) is 0.333. The van der Waals surface area contributed by atoms with Crippen LogP contribution in [0.4, 0.5) is 5.69 Å². The summed E-state index contributed by atoms with van der Waals surface area (Å²) in [6, 6.07) is 10.8. The molecule has 5 rings (SSSR count). The molecule has 12 heteroatoms. The van der Waals surface area contributed by atoms with Crippen LogP contribution in [0.5, 0.6) is 0 Å². The lowest BCUT2D eigenvalue weighted by Gasteiger charge is -2.30. The Labute approximate surface area is 227 Å². The number of hydrazine groups is 1. The molecule has 3 amide bonds. The molecule has 2 saturated carbocycles. The first-order valence-corrected chi connectivity index (χ1v) is 13.3. The van der Waals surface area contributed by atoms with Crippen molar-refractivity contribution in [3.8, 4) is 0 Å². The molecule has 2 aliphatic carbocycles. The van der Waals surface area contributed by atoms with E-state index in [-0.39, 0.29) is 38.3 Å². The molecule has 2 aromatic rings. The molecule has 2 bridgehead atoms. The van der Waals surface area contributed by atoms with Gasteiger partial charge >= 0.3 is 0 Å². The van der Waals surface area contributed by atoms with E-state index in [1.54, 1.807) is 0 Å². The van der Waals surface area contributed by atoms with Gasteiger partial charge in [-0.2, -0.15) is 5.01 Å². The second-order valence-electron chi connectivity index (χ2n) is 9.09. The van der Waals surface area contributed by atoms with Gasteiger partial charge in [-0.25, -0.2) is 5.01 Å². The Morgan fingerprint density at radius 3 is 1.94 bits per heavy atom. The monoisotopic (exact) mass is 637 g/mol. The fourth-order valence-electron chi connectivity index (χ4n) is 5.54. The number of hydrogen-bond acceptors (Lipinski definition) is 6. The predicted molar refractivity (Wildman–Crippen MR) is 136 cm³/mol. The number of alkyl halides is 2. The van der Waals surface area contributed by atoms with Gasteiger partial charge in [0.05, 0.1) is 16.8 Å². The third-order valence-corrected chi connectivity index (χ3v) is 10.7. The van der Waals surface area contributed by atoms with Crippen molar-refractivity contribution >= 4 is 72.7 Å². The number of fused-ring (bicyclic) bond motifs is 5. The molecule has 2 aromatic carbocycles. The summed E-state index contributed by atoms with van der Waals surface area (Å²) in [4.78, 5) is 64.3. The summed E-state index contributed by atoms with van der Waals surface area (Å²) in [5, 5.41) is 13.1. The average molecular weight is 640 g/mol. The maximum atomic E-state index is 13.6. The van der Waals surface area contributed by atoms with E-state index in [1.807, 2.05) is 0 Å². The second-order valence-corrected chi connectivity index (χ2v) is 11.6. The lowest BCUT2D eigenvalue weighted by atomic mass is 9.81. The standard InChI is InChI=1S/C24H18Br2ClN3O6/c25-20-15-9-16(21(20)26)19-18(15)23(33)29(24(19)34)28(10-17(31)11-1-5-13(27)6-2-11)22(32)12-3-7-14(8-4-12)30(35)36/h1-8,15-16,18-21H,9-10H2/t15-,16-,18-,19-,20-,21+/m1/s1. The molecule has 0 radical (unpaired) electrons. The van der Waals surface area contributed by atoms with Crippen LogP contribution < -0.4 is 0 Å². The molecular formula is C24H18Br2ClN3O6. The molecule has 9 nitrogen and oxygen atoms in total. The molecule has 3 fully saturated rings. The van der Waals surface area contributed by atoms with E-state index in [0.29, 0.717) is 11.4 Å². The van der Waals surface area contributed by atoms with Crippen LogP contribution in [0.15, 0.2) is 48.5 Å². The third-order valence-electron chi connectivity index (χ3n) is 7.22. The van der Waals surface area contributed by atoms with Crippen LogP contribution in [-0.2, 0) is 9.59 Å². The first-order chi connectivity index (χ1) is 17.1. The van der Waals surface area contributed by atoms with E-state index >= 15 is 0 Å². The van der Waals surface area contributed by atoms with Gasteiger partial charge in [-0.15, -0.1) is 0 Å². The Hall–Kier alpha value is -2.63. The third kappa shape index (κ3) is 3.97. The minimum atomic E-state index is -0.785. The number of nitro benzene ring substituents is 1. The number of non-ortho nitro benzene ring substituents is 1. The summed E-state index contributed by atoms with van der Waals surface area (Å²) in [7, 11) is 0. The Bertz CT molecular complexity index is 1260. The molecule has 0 aromatic heterocycles. The summed E-state index contributed by atoms with van der Waals surface area (Å²) in [6.45, 7) is -0.570. The highest BCUT2D eigenvalue weighted by Crippen LogP contribution is 2.60. The van der Waals surface area contributed by atoms with Crippen molar-refractivity contribution in [2.45, 2.75) is 16.1 Å². The molecule has 186 valence electrons. The number of ketones is 1. The van der Waals surface area contributed by atoms with Crippen molar-refractivity contribution in [1.82, 2.24) is 10.0 Å². The van der Waals surface area contributed by atoms with Gasteiger partial charge in [0.15, 0.2) is 5.78 Å². The SMILES string of the molecule is O=C(CN(C(=O)c1ccc([N+](=O)[O-])cc1)N1C(=O)[C@@H]2[C@H]3C[C@@H]([C@@H](Br)[C@H]3Br)[C@H]2C1=O)c1ccc(Cl)cc1. The smallest absolute Gasteiger partial charge is 0.273 e. The number of amides is 3. The van der Waals surface area contributed by atoms with Crippen LogP contribution >= 0.6 is 43.5 Å². The minimum Gasteiger partial charge on any atom is -0.292 e. The zero-order chi connectivity index (χ0) is 25.9. The van der Waals surface area contributed by atoms with Crippen molar-refractivity contribution in [2.24, 2.45) is 23.7 Å². The molecule has 0 spiro atoms. The van der Waals surface area contributed by atoms with Crippen molar-refractivity contribution in [1.29, 1.82) is 0 Å². The number of benzene rings is 2. The zero-order valence-corrected chi connectivity index (χ0v) is 22.4. The van der Waals surface area contributed by atoms with Gasteiger partial charge in [0.1, 0.15) is 6.54 Å². The van der Waals surface area contributed by atoms with Gasteiger partial charge in [-0.05, 0) is 54.7 Å². The van der Waals surface area contributed by atoms with E-state index in [0.717, 1.165) is 22.2 Å². The average Bonchev–Trinajstić information content (AvgIpc) is 3.47. The van der Waals surface area contributed by atoms with E-state index < -0.39 is 46.8 Å². The maximum Gasteiger partial charge on any atom is 0.273 e. The summed E-state index contributed by atoms with van der Waals surface area (Å²) in [5.41, 5.74) is 0.0321. The summed E-state index contributed by atoms with van der Waals surface area (Å²) < 4.78 is 0. The van der Waals surface area contributed by atoms with E-state index in [4.69, 9.17) is 11.6 Å². The van der Waals surface area contributed by atoms with Crippen LogP contribution in [-0.4, -0.2) is 54.6 Å². The molecular weight excluding hydrogens is 622 g/mol. The number of nitro groups is 1. The molecule has 6 atom stereocenters. The number of rotatable bonds is 6. The summed E-state index contributed by atoms with van der Waals surface area (Å²) >= 11 is 13.2. The summed E-state index contributed by atoms with van der Waals surface area (Å²) in [5.74, 6) is -3.63. The highest BCUT2D eigenvalue weighted by molar-refractivity contribution is 9.12. The molecule has 1 heterocycles. The van der Waals surface area contributed by atoms with Crippen LogP contribution in [0.2, 0.25) is 5.02 Å². The summed E-state index contributed by atoms with van der Waals surface area (Å²) in [6.07, 6.45) is 0.715. The van der Waals surface area contributed by atoms with Crippen molar-refractivity contribution in [3.63, 3.8) is 0 Å². The fourth-order valence-corrected chi connectivity index (χ4v) is 7.54. The number of carbonyl (C=O) groups is 4. The van der Waals surface area contributed by atoms with Crippen LogP contribution in [0.25, 0.3) is 0 Å². The molecule has 0 N–H and O–H groups in total. The van der Waals surface area contributed by atoms with Gasteiger partial charge in [0, 0.05) is 37.9 Å². The van der Waals surface area contributed by atoms with Crippen LogP contribution in [0, 0.1) is 33.8 Å². The number of halogens is 3. The van der Waals surface area contributed by atoms with E-state index in [9.17, 15) is 29.3 Å². The number of Topliss-reactive ketones (excluding diaryl/α,β-unsaturated/α-hetero) is 1. The van der Waals surface area contributed by atoms with E-state index in [2.05, 4.69) is 31.9 Å². The topological polar surface area (TPSA) is 118 Å². The first kappa shape index (κ1) is 25.0. The number of carbonyl (C=O) groups excluding carboxylic acids is 4. The van der Waals surface area contributed by atoms with Crippen LogP contribution in [0.1, 0.15) is 27.1 Å². The zero-order valence-electron chi connectivity index (χ0n) is 18.4. The van der Waals surface area contributed by atoms with Gasteiger partial charge in [-0.1, -0.05) is 43.5 Å².